The Morgan fingerprint density at radius 1 is 0.479 bits per heavy atom. The number of amides is 1. The zero-order chi connectivity index (χ0) is 98.6. The molecule has 0 fully saturated rings. The van der Waals surface area contributed by atoms with Crippen molar-refractivity contribution in [1.82, 2.24) is 52.3 Å². The summed E-state index contributed by atoms with van der Waals surface area (Å²) in [5.74, 6) is -5.77. The number of aromatic carboxylic acids is 1. The van der Waals surface area contributed by atoms with Gasteiger partial charge in [0.15, 0.2) is 34.6 Å². The van der Waals surface area contributed by atoms with Gasteiger partial charge < -0.3 is 35.3 Å². The summed E-state index contributed by atoms with van der Waals surface area (Å²) in [5.41, 5.74) is 23.7. The minimum atomic E-state index is -3.80. The molecule has 7 aromatic carbocycles. The van der Waals surface area contributed by atoms with Gasteiger partial charge in [-0.15, -0.1) is 0 Å². The van der Waals surface area contributed by atoms with Gasteiger partial charge in [0.05, 0.1) is 63.2 Å². The number of nitrogens with two attached hydrogens (primary N) is 1. The van der Waals surface area contributed by atoms with Gasteiger partial charge >= 0.3 is 13.1 Å². The van der Waals surface area contributed by atoms with Crippen LogP contribution < -0.4 is 27.6 Å². The zero-order valence-corrected chi connectivity index (χ0v) is 78.7. The number of halogens is 6. The van der Waals surface area contributed by atoms with Crippen LogP contribution in [0.4, 0.5) is 17.6 Å². The summed E-state index contributed by atoms with van der Waals surface area (Å²) in [5, 5.41) is 48.1. The SMILES string of the molecule is BrC1=CCc2ncccc21.C.Cc1ccc(S(=O)(=O)n2cc(-c3cccc(C#N)c3)c3cccnc32)cc1.Cc1ccc(S(=O)(=O)n2cc(Br)c3cccnc32)cc1.N#Cc1cccc(B(O)O)c1.NCc1cncc(C2=CCc3ncccc32)c1.O=C(NCc1cccc(C2=CCc3ncccc32)c1)c1cccn(Cc2ccc(F)c(F)c2)c1=O.O=C(O)c1cccn(Cc2ccc(F)c(F)c2)c1=O. The molecule has 0 saturated heterocycles. The number of pyridine rings is 8. The van der Waals surface area contributed by atoms with Gasteiger partial charge in [-0.3, -0.25) is 34.3 Å². The number of carbonyl (C=O) groups excluding carboxylic acids is 1. The summed E-state index contributed by atoms with van der Waals surface area (Å²) in [7, 11) is -8.93. The molecule has 6 N–H and O–H groups in total. The molecule has 20 rings (SSSR count). The van der Waals surface area contributed by atoms with Gasteiger partial charge in [-0.1, -0.05) is 150 Å². The van der Waals surface area contributed by atoms with Crippen LogP contribution >= 0.6 is 31.9 Å². The molecular weight excluding hydrogens is 1960 g/mol. The number of nitriles is 2. The molecule has 0 saturated carbocycles. The van der Waals surface area contributed by atoms with Gasteiger partial charge in [-0.25, -0.2) is 57.1 Å². The molecule has 3 aliphatic carbocycles. The van der Waals surface area contributed by atoms with E-state index in [0.717, 1.165) is 115 Å². The second kappa shape index (κ2) is 46.3. The van der Waals surface area contributed by atoms with E-state index in [-0.39, 0.29) is 48.0 Å². The van der Waals surface area contributed by atoms with E-state index in [9.17, 15) is 53.6 Å². The van der Waals surface area contributed by atoms with E-state index in [2.05, 4.69) is 116 Å². The van der Waals surface area contributed by atoms with Gasteiger partial charge in [0.2, 0.25) is 0 Å². The van der Waals surface area contributed by atoms with Gasteiger partial charge in [-0.05, 0) is 231 Å². The van der Waals surface area contributed by atoms with Crippen molar-refractivity contribution in [1.29, 1.82) is 10.5 Å². The molecule has 10 heterocycles. The van der Waals surface area contributed by atoms with Gasteiger partial charge in [-0.2, -0.15) is 10.5 Å². The van der Waals surface area contributed by atoms with Crippen LogP contribution in [0.15, 0.2) is 359 Å². The quantitative estimate of drug-likeness (QED) is 0.0417. The molecule has 0 aliphatic heterocycles. The number of hydrogen-bond acceptors (Lipinski definition) is 19. The van der Waals surface area contributed by atoms with Crippen molar-refractivity contribution in [3.63, 3.8) is 0 Å². The molecule has 0 spiro atoms. The Morgan fingerprint density at radius 2 is 0.950 bits per heavy atom. The molecule has 140 heavy (non-hydrogen) atoms. The molecule has 1 amide bonds. The van der Waals surface area contributed by atoms with Crippen molar-refractivity contribution < 1.29 is 59.1 Å². The van der Waals surface area contributed by atoms with Crippen LogP contribution in [-0.2, 0) is 65.5 Å². The predicted octanol–water partition coefficient (Wildman–Crippen LogP) is 18.0. The lowest BCUT2D eigenvalue weighted by Crippen LogP contribution is -2.32. The van der Waals surface area contributed by atoms with Crippen molar-refractivity contribution in [2.24, 2.45) is 5.73 Å². The number of benzene rings is 7. The average molecular weight is 2040 g/mol. The number of fused-ring (bicyclic) bond motifs is 5. The summed E-state index contributed by atoms with van der Waals surface area (Å²) in [4.78, 5) is 74.4. The zero-order valence-electron chi connectivity index (χ0n) is 73.9. The smallest absolute Gasteiger partial charge is 0.477 e. The minimum Gasteiger partial charge on any atom is -0.477 e. The highest BCUT2D eigenvalue weighted by Crippen LogP contribution is 2.37. The largest absolute Gasteiger partial charge is 0.488 e. The highest BCUT2D eigenvalue weighted by molar-refractivity contribution is 9.15. The molecule has 0 unspecified atom stereocenters. The molecule has 0 bridgehead atoms. The second-order valence-corrected chi connectivity index (χ2v) is 36.7. The maximum Gasteiger partial charge on any atom is 0.488 e. The van der Waals surface area contributed by atoms with E-state index in [1.54, 1.807) is 128 Å². The van der Waals surface area contributed by atoms with Crippen LogP contribution in [0.3, 0.4) is 0 Å². The van der Waals surface area contributed by atoms with Crippen molar-refractivity contribution in [3.05, 3.63) is 484 Å². The molecule has 17 aromatic rings. The number of carboxylic acid groups (broad SMARTS) is 1. The normalized spacial score (nSPS) is 11.7. The van der Waals surface area contributed by atoms with E-state index in [1.165, 1.54) is 94.4 Å². The molecule has 34 heteroatoms. The third-order valence-corrected chi connectivity index (χ3v) is 26.7. The summed E-state index contributed by atoms with van der Waals surface area (Å²) < 4.78 is 111. The Bertz CT molecular complexity index is 8090. The standard InChI is InChI=1S/C28H21F2N3O2.C21H15N3O2S.C14H11BrN2O2S.C14H13N3.C13H9F2NO3.C8H6BrN.C7H6BNO2.CH4/c29-24-10-8-19(15-25(24)30)17-33-13-3-7-23(28(33)35)27(34)32-16-18-4-1-5-20(14-18)21-9-11-26-22(21)6-2-12-31-26;1-15-7-9-18(10-8-15)27(25,26)24-14-20(19-6-3-11-23-21(19)24)17-5-2-4-16(12-17)13-22;1-10-4-6-11(7-5-10)20(18,19)17-9-13(15)12-3-2-8-16-14(12)17;15-7-10-6-11(9-16-8-10)12-3-4-14-13(12)2-1-5-17-14;14-10-4-3-8(6-11(10)15)7-16-5-1-2-9(12(16)17)13(18)19;9-7-3-4-8-6(7)2-1-5-10-8;9-5-6-2-1-3-7(4-6)8(10)11;/h1-10,12-15H,11,16-17H2,(H,32,34);2-12,14H,1H3;2-9H,1H3;1-3,5-6,8-9H,4,7,15H2;1-6H,7H2,(H,18,19);1-3,5H,4H2;1-4,10-11H;1H4. The number of nitrogens with zero attached hydrogens (tertiary/aromatic N) is 12. The number of carbonyl (C=O) groups is 2. The number of carboxylic acids is 1. The van der Waals surface area contributed by atoms with Gasteiger partial charge in [0, 0.05) is 148 Å². The van der Waals surface area contributed by atoms with Crippen LogP contribution in [0.5, 0.6) is 0 Å². The fourth-order valence-corrected chi connectivity index (χ4v) is 18.8. The molecule has 25 nitrogen and oxygen atoms in total. The van der Waals surface area contributed by atoms with Crippen molar-refractivity contribution in [2.45, 2.75) is 76.5 Å². The third kappa shape index (κ3) is 24.4. The minimum absolute atomic E-state index is 0. The van der Waals surface area contributed by atoms with Gasteiger partial charge in [0.25, 0.3) is 37.1 Å². The second-order valence-electron chi connectivity index (χ2n) is 31.4. The van der Waals surface area contributed by atoms with Crippen molar-refractivity contribution >= 4 is 114 Å². The van der Waals surface area contributed by atoms with Crippen LogP contribution in [0.25, 0.3) is 48.8 Å². The number of nitrogens with one attached hydrogen (secondary N) is 1. The van der Waals surface area contributed by atoms with Crippen LogP contribution in [0.2, 0.25) is 0 Å². The molecule has 0 atom stereocenters. The maximum atomic E-state index is 13.5. The number of rotatable bonds is 17. The third-order valence-electron chi connectivity index (χ3n) is 22.0. The first-order valence-electron chi connectivity index (χ1n) is 42.7. The highest BCUT2D eigenvalue weighted by Gasteiger charge is 2.27. The Labute approximate surface area is 819 Å². The number of aromatic nitrogens is 10. The maximum absolute atomic E-state index is 13.5. The summed E-state index contributed by atoms with van der Waals surface area (Å²) in [6.07, 6.45) is 27.4. The van der Waals surface area contributed by atoms with Crippen molar-refractivity contribution in [3.8, 4) is 23.3 Å². The fourth-order valence-electron chi connectivity index (χ4n) is 15.0. The number of aryl methyl sites for hydroxylation is 2. The monoisotopic (exact) mass is 2040 g/mol. The highest BCUT2D eigenvalue weighted by atomic mass is 79.9. The Morgan fingerprint density at radius 3 is 1.49 bits per heavy atom. The lowest BCUT2D eigenvalue weighted by atomic mass is 9.80. The first kappa shape index (κ1) is 102. The van der Waals surface area contributed by atoms with Gasteiger partial charge in [0.1, 0.15) is 11.1 Å². The lowest BCUT2D eigenvalue weighted by Gasteiger charge is -2.11. The van der Waals surface area contributed by atoms with E-state index in [0.29, 0.717) is 61.0 Å². The van der Waals surface area contributed by atoms with Crippen LogP contribution in [0.1, 0.15) is 118 Å². The molecule has 0 radical (unpaired) electrons. The predicted molar refractivity (Wildman–Crippen MR) is 536 cm³/mol. The van der Waals surface area contributed by atoms with E-state index >= 15 is 0 Å². The fraction of sp³-hybridized carbons (Fsp3) is 0.0943. The summed E-state index contributed by atoms with van der Waals surface area (Å²) >= 11 is 6.83. The molecular formula is C106H85BBr2F4N14O11S2. The van der Waals surface area contributed by atoms with E-state index < -0.39 is 73.4 Å². The average Bonchev–Trinajstić information content (AvgIpc) is 1.60. The number of hydrogen-bond donors (Lipinski definition) is 5. The first-order valence-corrected chi connectivity index (χ1v) is 47.1. The van der Waals surface area contributed by atoms with Crippen molar-refractivity contribution in [2.75, 3.05) is 0 Å². The van der Waals surface area contributed by atoms with E-state index in [1.807, 2.05) is 105 Å². The lowest BCUT2D eigenvalue weighted by molar-refractivity contribution is 0.0693. The first-order chi connectivity index (χ1) is 67.0. The Kier molecular flexibility index (Phi) is 33.6. The topological polar surface area (TPSA) is 380 Å². The van der Waals surface area contributed by atoms with E-state index in [4.69, 9.17) is 31.4 Å². The molecule has 10 aromatic heterocycles. The number of allylic oxidation sites excluding steroid dienone is 3. The molecule has 702 valence electrons. The Balaban J connectivity index is 0.000000142. The Hall–Kier alpha value is -15.9. The summed E-state index contributed by atoms with van der Waals surface area (Å²) in [6, 6.07) is 72.4. The van der Waals surface area contributed by atoms with Crippen LogP contribution in [0, 0.1) is 59.8 Å². The summed E-state index contributed by atoms with van der Waals surface area (Å²) in [6.45, 7) is 4.58. The van der Waals surface area contributed by atoms with Crippen LogP contribution in [-0.4, -0.2) is 98.0 Å². The molecule has 3 aliphatic rings.